The van der Waals surface area contributed by atoms with Crippen molar-refractivity contribution in [2.45, 2.75) is 20.3 Å². The highest BCUT2D eigenvalue weighted by Gasteiger charge is 2.11. The van der Waals surface area contributed by atoms with Crippen molar-refractivity contribution in [1.29, 1.82) is 0 Å². The highest BCUT2D eigenvalue weighted by Crippen LogP contribution is 2.30. The summed E-state index contributed by atoms with van der Waals surface area (Å²) < 4.78 is 0. The first-order chi connectivity index (χ1) is 5.77. The number of allylic oxidation sites excluding steroid dienone is 7. The second-order valence-corrected chi connectivity index (χ2v) is 3.39. The lowest BCUT2D eigenvalue weighted by molar-refractivity contribution is 1.16. The molecular weight excluding hydrogens is 144 g/mol. The molecule has 0 saturated heterocycles. The van der Waals surface area contributed by atoms with Gasteiger partial charge in [-0.25, -0.2) is 0 Å². The lowest BCUT2D eigenvalue weighted by Gasteiger charge is -1.98. The Morgan fingerprint density at radius 2 is 2.17 bits per heavy atom. The molecule has 12 heavy (non-hydrogen) atoms. The maximum Gasteiger partial charge on any atom is 0.0200 e. The van der Waals surface area contributed by atoms with Crippen LogP contribution in [0.25, 0.3) is 0 Å². The van der Waals surface area contributed by atoms with Gasteiger partial charge in [-0.3, -0.25) is 0 Å². The Morgan fingerprint density at radius 1 is 1.33 bits per heavy atom. The fourth-order valence-electron chi connectivity index (χ4n) is 1.56. The largest absolute Gasteiger partial charge is 0.113 e. The lowest BCUT2D eigenvalue weighted by atomic mass is 10.1. The van der Waals surface area contributed by atoms with Crippen LogP contribution in [0, 0.1) is 0 Å². The molecule has 0 bridgehead atoms. The molecule has 2 rings (SSSR count). The van der Waals surface area contributed by atoms with Crippen molar-refractivity contribution in [2.24, 2.45) is 0 Å². The maximum atomic E-state index is 3.23. The Balaban J connectivity index is 2.28. The third-order valence-electron chi connectivity index (χ3n) is 2.46. The van der Waals surface area contributed by atoms with Gasteiger partial charge < -0.3 is 0 Å². The summed E-state index contributed by atoms with van der Waals surface area (Å²) in [5.74, 6) is 0. The third kappa shape index (κ3) is 1.11. The molecule has 2 aliphatic rings. The quantitative estimate of drug-likeness (QED) is 0.511. The predicted molar refractivity (Wildman–Crippen MR) is 51.8 cm³/mol. The van der Waals surface area contributed by atoms with Crippen molar-refractivity contribution in [3.05, 3.63) is 52.3 Å². The Labute approximate surface area is 73.3 Å². The van der Waals surface area contributed by atoms with Gasteiger partial charge in [0.15, 0.2) is 0 Å². The van der Waals surface area contributed by atoms with Crippen molar-refractivity contribution < 1.29 is 0 Å². The van der Waals surface area contributed by atoms with Gasteiger partial charge in [-0.1, -0.05) is 23.3 Å². The maximum absolute atomic E-state index is 3.23. The van der Waals surface area contributed by atoms with E-state index in [1.807, 2.05) is 12.2 Å². The molecule has 0 atom stereocenters. The van der Waals surface area contributed by atoms with E-state index in [9.17, 15) is 0 Å². The van der Waals surface area contributed by atoms with Crippen LogP contribution in [0.2, 0.25) is 0 Å². The monoisotopic (exact) mass is 156 g/mol. The van der Waals surface area contributed by atoms with Crippen LogP contribution < -0.4 is 0 Å². The minimum Gasteiger partial charge on any atom is -0.113 e. The predicted octanol–water partition coefficient (Wildman–Crippen LogP) is 3.30. The van der Waals surface area contributed by atoms with Crippen LogP contribution in [0.3, 0.4) is 0 Å². The summed E-state index contributed by atoms with van der Waals surface area (Å²) in [5, 5.41) is 0. The molecule has 0 heteroatoms. The van der Waals surface area contributed by atoms with E-state index in [4.69, 9.17) is 0 Å². The van der Waals surface area contributed by atoms with E-state index in [0.29, 0.717) is 0 Å². The topological polar surface area (TPSA) is 0 Å². The highest BCUT2D eigenvalue weighted by molar-refractivity contribution is 5.52. The SMILES string of the molecule is CC1=C(C)CC(C2=C=CC=C2)=C1. The molecule has 2 aliphatic carbocycles. The van der Waals surface area contributed by atoms with E-state index in [1.54, 1.807) is 0 Å². The van der Waals surface area contributed by atoms with Gasteiger partial charge in [-0.2, -0.15) is 0 Å². The summed E-state index contributed by atoms with van der Waals surface area (Å²) in [7, 11) is 0. The van der Waals surface area contributed by atoms with E-state index < -0.39 is 0 Å². The minimum atomic E-state index is 1.10. The van der Waals surface area contributed by atoms with Crippen LogP contribution in [-0.4, -0.2) is 0 Å². The van der Waals surface area contributed by atoms with Gasteiger partial charge in [-0.05, 0) is 38.0 Å². The summed E-state index contributed by atoms with van der Waals surface area (Å²) in [6.07, 6.45) is 9.50. The molecule has 0 N–H and O–H groups in total. The fourth-order valence-corrected chi connectivity index (χ4v) is 1.56. The molecule has 0 aromatic carbocycles. The zero-order valence-corrected chi connectivity index (χ0v) is 7.52. The molecule has 60 valence electrons. The molecule has 0 spiro atoms. The molecule has 0 aromatic rings. The van der Waals surface area contributed by atoms with E-state index >= 15 is 0 Å². The van der Waals surface area contributed by atoms with Gasteiger partial charge >= 0.3 is 0 Å². The van der Waals surface area contributed by atoms with Gasteiger partial charge in [-0.15, -0.1) is 5.73 Å². The lowest BCUT2D eigenvalue weighted by Crippen LogP contribution is -1.80. The molecule has 0 nitrogen and oxygen atoms in total. The third-order valence-corrected chi connectivity index (χ3v) is 2.46. The first kappa shape index (κ1) is 7.39. The van der Waals surface area contributed by atoms with Crippen molar-refractivity contribution >= 4 is 0 Å². The number of rotatable bonds is 1. The molecule has 0 unspecified atom stereocenters. The number of hydrogen-bond acceptors (Lipinski definition) is 0. The van der Waals surface area contributed by atoms with Gasteiger partial charge in [0.2, 0.25) is 0 Å². The zero-order valence-electron chi connectivity index (χ0n) is 7.52. The summed E-state index contributed by atoms with van der Waals surface area (Å²) >= 11 is 0. The Kier molecular flexibility index (Phi) is 1.64. The van der Waals surface area contributed by atoms with E-state index in [0.717, 1.165) is 6.42 Å². The summed E-state index contributed by atoms with van der Waals surface area (Å²) in [5.41, 5.74) is 8.80. The van der Waals surface area contributed by atoms with Crippen LogP contribution in [-0.2, 0) is 0 Å². The fraction of sp³-hybridized carbons (Fsp3) is 0.250. The number of hydrogen-bond donors (Lipinski definition) is 0. The van der Waals surface area contributed by atoms with Gasteiger partial charge in [0, 0.05) is 5.57 Å². The molecule has 0 aromatic heterocycles. The molecule has 0 saturated carbocycles. The standard InChI is InChI=1S/C12H12/c1-9-7-12(8-10(9)2)11-5-3-4-6-11/h3-5,7H,8H2,1-2H3. The van der Waals surface area contributed by atoms with Crippen LogP contribution in [0.1, 0.15) is 20.3 Å². The molecule has 0 fully saturated rings. The smallest absolute Gasteiger partial charge is 0.0200 e. The molecule has 0 radical (unpaired) electrons. The summed E-state index contributed by atoms with van der Waals surface area (Å²) in [6, 6.07) is 0. The van der Waals surface area contributed by atoms with Crippen molar-refractivity contribution in [3.8, 4) is 0 Å². The Bertz CT molecular complexity index is 367. The van der Waals surface area contributed by atoms with E-state index in [1.165, 1.54) is 22.3 Å². The average molecular weight is 156 g/mol. The van der Waals surface area contributed by atoms with Crippen LogP contribution >= 0.6 is 0 Å². The van der Waals surface area contributed by atoms with Crippen LogP contribution in [0.15, 0.2) is 52.3 Å². The van der Waals surface area contributed by atoms with E-state index in [-0.39, 0.29) is 0 Å². The van der Waals surface area contributed by atoms with Crippen molar-refractivity contribution in [1.82, 2.24) is 0 Å². The average Bonchev–Trinajstić information content (AvgIpc) is 2.61. The second-order valence-electron chi connectivity index (χ2n) is 3.39. The highest BCUT2D eigenvalue weighted by atomic mass is 14.2. The molecule has 0 heterocycles. The van der Waals surface area contributed by atoms with Crippen molar-refractivity contribution in [2.75, 3.05) is 0 Å². The minimum absolute atomic E-state index is 1.10. The van der Waals surface area contributed by atoms with Gasteiger partial charge in [0.1, 0.15) is 0 Å². The second kappa shape index (κ2) is 2.66. The Hall–Kier alpha value is -1.26. The zero-order chi connectivity index (χ0) is 8.55. The first-order valence-electron chi connectivity index (χ1n) is 4.28. The first-order valence-corrected chi connectivity index (χ1v) is 4.28. The molecule has 0 amide bonds. The van der Waals surface area contributed by atoms with Crippen LogP contribution in [0.5, 0.6) is 0 Å². The summed E-state index contributed by atoms with van der Waals surface area (Å²) in [4.78, 5) is 0. The normalized spacial score (nSPS) is 20.5. The molecular formula is C12H12. The van der Waals surface area contributed by atoms with Crippen LogP contribution in [0.4, 0.5) is 0 Å². The molecule has 0 aliphatic heterocycles. The van der Waals surface area contributed by atoms with E-state index in [2.05, 4.69) is 31.7 Å². The van der Waals surface area contributed by atoms with Gasteiger partial charge in [0.25, 0.3) is 0 Å². The summed E-state index contributed by atoms with van der Waals surface area (Å²) in [6.45, 7) is 4.37. The van der Waals surface area contributed by atoms with Gasteiger partial charge in [0.05, 0.1) is 0 Å². The van der Waals surface area contributed by atoms with Crippen molar-refractivity contribution in [3.63, 3.8) is 0 Å². The Morgan fingerprint density at radius 3 is 2.67 bits per heavy atom.